The summed E-state index contributed by atoms with van der Waals surface area (Å²) in [4.78, 5) is 13.2. The molecule has 3 aromatic rings. The second kappa shape index (κ2) is 9.25. The molecule has 1 aliphatic heterocycles. The smallest absolute Gasteiger partial charge is 0.309 e. The van der Waals surface area contributed by atoms with Crippen LogP contribution in [0.5, 0.6) is 0 Å². The van der Waals surface area contributed by atoms with Crippen LogP contribution in [0.3, 0.4) is 0 Å². The first-order valence-corrected chi connectivity index (χ1v) is 11.1. The molecule has 0 spiro atoms. The molecule has 0 bridgehead atoms. The summed E-state index contributed by atoms with van der Waals surface area (Å²) >= 11 is 6.32. The van der Waals surface area contributed by atoms with Gasteiger partial charge in [0.1, 0.15) is 0 Å². The van der Waals surface area contributed by atoms with Crippen molar-refractivity contribution >= 4 is 17.6 Å². The van der Waals surface area contributed by atoms with Crippen molar-refractivity contribution in [1.29, 1.82) is 0 Å². The molecule has 3 nitrogen and oxygen atoms in total. The highest BCUT2D eigenvalue weighted by Crippen LogP contribution is 2.31. The molecule has 4 heteroatoms. The molecule has 31 heavy (non-hydrogen) atoms. The molecule has 1 aliphatic rings. The first-order chi connectivity index (χ1) is 14.9. The zero-order chi connectivity index (χ0) is 22.0. The summed E-state index contributed by atoms with van der Waals surface area (Å²) in [6.07, 6.45) is 0.910. The van der Waals surface area contributed by atoms with E-state index in [0.717, 1.165) is 18.0 Å². The van der Waals surface area contributed by atoms with E-state index in [1.54, 1.807) is 0 Å². The molecule has 4 rings (SSSR count). The third-order valence-corrected chi connectivity index (χ3v) is 6.59. The molecular formula is C27H28ClNO2. The Morgan fingerprint density at radius 3 is 2.32 bits per heavy atom. The summed E-state index contributed by atoms with van der Waals surface area (Å²) in [6.45, 7) is 6.36. The molecule has 0 aliphatic carbocycles. The van der Waals surface area contributed by atoms with Crippen LogP contribution >= 0.6 is 11.6 Å². The second-order valence-electron chi connectivity index (χ2n) is 8.70. The van der Waals surface area contributed by atoms with Gasteiger partial charge in [-0.2, -0.15) is 0 Å². The molecular weight excluding hydrogens is 406 g/mol. The van der Waals surface area contributed by atoms with Gasteiger partial charge in [-0.05, 0) is 65.8 Å². The van der Waals surface area contributed by atoms with Crippen LogP contribution in [0.1, 0.15) is 39.3 Å². The number of benzene rings is 3. The topological polar surface area (TPSA) is 40.5 Å². The first-order valence-electron chi connectivity index (χ1n) is 10.7. The maximum absolute atomic E-state index is 11.0. The highest BCUT2D eigenvalue weighted by atomic mass is 35.5. The van der Waals surface area contributed by atoms with Crippen LogP contribution in [0.2, 0.25) is 5.02 Å². The van der Waals surface area contributed by atoms with Crippen molar-refractivity contribution < 1.29 is 9.90 Å². The highest BCUT2D eigenvalue weighted by molar-refractivity contribution is 6.30. The fourth-order valence-electron chi connectivity index (χ4n) is 4.29. The van der Waals surface area contributed by atoms with Gasteiger partial charge in [-0.25, -0.2) is 0 Å². The van der Waals surface area contributed by atoms with E-state index in [0.29, 0.717) is 13.1 Å². The van der Waals surface area contributed by atoms with Crippen LogP contribution in [0, 0.1) is 19.8 Å². The number of hydrogen-bond acceptors (Lipinski definition) is 2. The molecule has 0 saturated carbocycles. The van der Waals surface area contributed by atoms with Gasteiger partial charge in [0, 0.05) is 30.6 Å². The Bertz CT molecular complexity index is 1070. The summed E-state index contributed by atoms with van der Waals surface area (Å²) in [6, 6.07) is 23.6. The van der Waals surface area contributed by atoms with Crippen molar-refractivity contribution in [3.8, 4) is 0 Å². The first kappa shape index (κ1) is 21.6. The minimum atomic E-state index is -0.692. The summed E-state index contributed by atoms with van der Waals surface area (Å²) in [7, 11) is 0. The Kier molecular flexibility index (Phi) is 6.45. The number of likely N-dealkylation sites (tertiary alicyclic amines) is 1. The lowest BCUT2D eigenvalue weighted by Crippen LogP contribution is -2.49. The number of halogens is 1. The van der Waals surface area contributed by atoms with E-state index in [1.807, 2.05) is 12.1 Å². The predicted octanol–water partition coefficient (Wildman–Crippen LogP) is 5.85. The Labute approximate surface area is 189 Å². The van der Waals surface area contributed by atoms with E-state index in [2.05, 4.69) is 73.3 Å². The number of aliphatic carboxylic acids is 1. The largest absolute Gasteiger partial charge is 0.481 e. The lowest BCUT2D eigenvalue weighted by molar-refractivity contribution is -0.147. The molecule has 1 heterocycles. The number of aryl methyl sites for hydroxylation is 2. The molecule has 1 saturated heterocycles. The molecule has 1 unspecified atom stereocenters. The monoisotopic (exact) mass is 433 g/mol. The number of carboxylic acids is 1. The predicted molar refractivity (Wildman–Crippen MR) is 126 cm³/mol. The van der Waals surface area contributed by atoms with Gasteiger partial charge in [0.2, 0.25) is 0 Å². The van der Waals surface area contributed by atoms with Gasteiger partial charge in [-0.15, -0.1) is 0 Å². The molecule has 160 valence electrons. The van der Waals surface area contributed by atoms with Crippen molar-refractivity contribution in [3.05, 3.63) is 105 Å². The van der Waals surface area contributed by atoms with E-state index in [9.17, 15) is 4.79 Å². The van der Waals surface area contributed by atoms with Gasteiger partial charge in [-0.3, -0.25) is 9.69 Å². The molecule has 3 aromatic carbocycles. The summed E-state index contributed by atoms with van der Waals surface area (Å²) < 4.78 is 0. The quantitative estimate of drug-likeness (QED) is 0.508. The van der Waals surface area contributed by atoms with Crippen LogP contribution in [0.15, 0.2) is 66.7 Å². The maximum Gasteiger partial charge on any atom is 0.309 e. The zero-order valence-electron chi connectivity index (χ0n) is 18.0. The van der Waals surface area contributed by atoms with Gasteiger partial charge in [0.25, 0.3) is 0 Å². The Morgan fingerprint density at radius 1 is 0.968 bits per heavy atom. The van der Waals surface area contributed by atoms with Crippen molar-refractivity contribution in [2.75, 3.05) is 13.1 Å². The molecule has 0 radical (unpaired) electrons. The summed E-state index contributed by atoms with van der Waals surface area (Å²) in [5.41, 5.74) is 7.62. The van der Waals surface area contributed by atoms with Crippen LogP contribution in [0.4, 0.5) is 0 Å². The third-order valence-electron chi connectivity index (χ3n) is 6.36. The Morgan fingerprint density at radius 2 is 1.68 bits per heavy atom. The molecule has 1 atom stereocenters. The normalized spacial score (nSPS) is 15.5. The molecule has 1 N–H and O–H groups in total. The average molecular weight is 434 g/mol. The standard InChI is InChI=1S/C27H28ClNO2/c1-18-6-7-21(12-19(18)2)13-26(23-4-3-5-25(28)14-23)22-10-8-20(9-11-22)15-29-16-24(17-29)27(30)31/h3-12,14,24,26H,13,15-17H2,1-2H3,(H,30,31). The van der Waals surface area contributed by atoms with Crippen LogP contribution in [-0.4, -0.2) is 29.1 Å². The minimum Gasteiger partial charge on any atom is -0.481 e. The molecule has 0 amide bonds. The van der Waals surface area contributed by atoms with E-state index in [1.165, 1.54) is 33.4 Å². The SMILES string of the molecule is Cc1ccc(CC(c2ccc(CN3CC(C(=O)O)C3)cc2)c2cccc(Cl)c2)cc1C. The molecule has 0 aromatic heterocycles. The number of carboxylic acid groups (broad SMARTS) is 1. The van der Waals surface area contributed by atoms with Gasteiger partial charge in [0.15, 0.2) is 0 Å². The van der Waals surface area contributed by atoms with E-state index in [-0.39, 0.29) is 11.8 Å². The van der Waals surface area contributed by atoms with Crippen LogP contribution in [0.25, 0.3) is 0 Å². The lowest BCUT2D eigenvalue weighted by Gasteiger charge is -2.36. The maximum atomic E-state index is 11.0. The van der Waals surface area contributed by atoms with Crippen molar-refractivity contribution in [2.45, 2.75) is 32.7 Å². The van der Waals surface area contributed by atoms with Crippen molar-refractivity contribution in [3.63, 3.8) is 0 Å². The van der Waals surface area contributed by atoms with Crippen molar-refractivity contribution in [2.24, 2.45) is 5.92 Å². The lowest BCUT2D eigenvalue weighted by atomic mass is 9.85. The third kappa shape index (κ3) is 5.17. The zero-order valence-corrected chi connectivity index (χ0v) is 18.8. The van der Waals surface area contributed by atoms with Crippen LogP contribution < -0.4 is 0 Å². The number of hydrogen-bond donors (Lipinski definition) is 1. The van der Waals surface area contributed by atoms with E-state index >= 15 is 0 Å². The van der Waals surface area contributed by atoms with Crippen molar-refractivity contribution in [1.82, 2.24) is 4.90 Å². The average Bonchev–Trinajstić information content (AvgIpc) is 2.71. The fraction of sp³-hybridized carbons (Fsp3) is 0.296. The summed E-state index contributed by atoms with van der Waals surface area (Å²) in [5.74, 6) is -0.693. The summed E-state index contributed by atoms with van der Waals surface area (Å²) in [5, 5.41) is 9.81. The van der Waals surface area contributed by atoms with Gasteiger partial charge < -0.3 is 5.11 Å². The van der Waals surface area contributed by atoms with Crippen LogP contribution in [-0.2, 0) is 17.8 Å². The number of carbonyl (C=O) groups is 1. The van der Waals surface area contributed by atoms with Gasteiger partial charge in [0.05, 0.1) is 5.92 Å². The fourth-order valence-corrected chi connectivity index (χ4v) is 4.49. The minimum absolute atomic E-state index is 0.218. The number of nitrogens with zero attached hydrogens (tertiary/aromatic N) is 1. The Balaban J connectivity index is 1.55. The molecule has 1 fully saturated rings. The Hall–Kier alpha value is -2.62. The highest BCUT2D eigenvalue weighted by Gasteiger charge is 2.32. The van der Waals surface area contributed by atoms with Gasteiger partial charge >= 0.3 is 5.97 Å². The van der Waals surface area contributed by atoms with E-state index in [4.69, 9.17) is 16.7 Å². The van der Waals surface area contributed by atoms with E-state index < -0.39 is 5.97 Å². The second-order valence-corrected chi connectivity index (χ2v) is 9.14. The number of rotatable bonds is 7. The van der Waals surface area contributed by atoms with Gasteiger partial charge in [-0.1, -0.05) is 66.2 Å².